The smallest absolute Gasteiger partial charge is 0.311 e. The van der Waals surface area contributed by atoms with Crippen LogP contribution in [0.4, 0.5) is 5.69 Å². The first kappa shape index (κ1) is 15.8. The van der Waals surface area contributed by atoms with Gasteiger partial charge in [-0.1, -0.05) is 22.9 Å². The predicted octanol–water partition coefficient (Wildman–Crippen LogP) is 2.75. The van der Waals surface area contributed by atoms with Gasteiger partial charge in [-0.25, -0.2) is 0 Å². The molecule has 3 N–H and O–H groups in total. The topological polar surface area (TPSA) is 83.6 Å². The largest absolute Gasteiger partial charge is 0.481 e. The Morgan fingerprint density at radius 3 is 2.71 bits per heavy atom. The highest BCUT2D eigenvalue weighted by Crippen LogP contribution is 2.34. The number of aliphatic carboxylic acids is 1. The lowest BCUT2D eigenvalue weighted by molar-refractivity contribution is -0.152. The van der Waals surface area contributed by atoms with Gasteiger partial charge in [0.05, 0.1) is 5.41 Å². The van der Waals surface area contributed by atoms with Crippen LogP contribution >= 0.6 is 15.9 Å². The number of piperidine rings is 1. The molecule has 5 nitrogen and oxygen atoms in total. The second-order valence-corrected chi connectivity index (χ2v) is 6.46. The molecule has 1 fully saturated rings. The van der Waals surface area contributed by atoms with E-state index in [2.05, 4.69) is 15.9 Å². The molecule has 114 valence electrons. The van der Waals surface area contributed by atoms with Crippen molar-refractivity contribution in [3.63, 3.8) is 0 Å². The molecule has 0 radical (unpaired) electrons. The molecular weight excluding hydrogens is 336 g/mol. The van der Waals surface area contributed by atoms with E-state index in [4.69, 9.17) is 5.73 Å². The fourth-order valence-electron chi connectivity index (χ4n) is 2.84. The summed E-state index contributed by atoms with van der Waals surface area (Å²) >= 11 is 3.32. The lowest BCUT2D eigenvalue weighted by atomic mass is 9.77. The fourth-order valence-corrected chi connectivity index (χ4v) is 3.35. The average Bonchev–Trinajstić information content (AvgIpc) is 2.45. The Kier molecular flexibility index (Phi) is 4.56. The van der Waals surface area contributed by atoms with E-state index in [0.29, 0.717) is 37.1 Å². The number of nitrogen functional groups attached to an aromatic ring is 1. The van der Waals surface area contributed by atoms with Crippen LogP contribution in [0.2, 0.25) is 0 Å². The highest BCUT2D eigenvalue weighted by molar-refractivity contribution is 9.10. The summed E-state index contributed by atoms with van der Waals surface area (Å²) in [6, 6.07) is 5.05. The van der Waals surface area contributed by atoms with Crippen molar-refractivity contribution in [1.29, 1.82) is 0 Å². The standard InChI is InChI=1S/C15H19BrN2O3/c1-2-15(14(20)21)4-3-5-18(9-15)13(19)10-6-11(16)8-12(17)7-10/h6-8H,2-5,9,17H2,1H3,(H,20,21). The Morgan fingerprint density at radius 2 is 2.14 bits per heavy atom. The highest BCUT2D eigenvalue weighted by Gasteiger charge is 2.42. The van der Waals surface area contributed by atoms with Crippen molar-refractivity contribution in [3.05, 3.63) is 28.2 Å². The number of likely N-dealkylation sites (tertiary alicyclic amines) is 1. The third kappa shape index (κ3) is 3.20. The predicted molar refractivity (Wildman–Crippen MR) is 84.1 cm³/mol. The lowest BCUT2D eigenvalue weighted by Gasteiger charge is -2.39. The van der Waals surface area contributed by atoms with Crippen molar-refractivity contribution in [2.75, 3.05) is 18.8 Å². The number of carbonyl (C=O) groups is 2. The molecule has 6 heteroatoms. The van der Waals surface area contributed by atoms with Gasteiger partial charge in [-0.2, -0.15) is 0 Å². The van der Waals surface area contributed by atoms with Crippen molar-refractivity contribution in [2.45, 2.75) is 26.2 Å². The molecule has 1 aliphatic heterocycles. The van der Waals surface area contributed by atoms with E-state index in [1.54, 1.807) is 23.1 Å². The molecule has 0 aliphatic carbocycles. The second kappa shape index (κ2) is 6.05. The normalized spacial score (nSPS) is 22.1. The van der Waals surface area contributed by atoms with E-state index in [0.717, 1.165) is 4.47 Å². The number of rotatable bonds is 3. The van der Waals surface area contributed by atoms with E-state index in [9.17, 15) is 14.7 Å². The number of hydrogen-bond donors (Lipinski definition) is 2. The Bertz CT molecular complexity index is 556. The van der Waals surface area contributed by atoms with Gasteiger partial charge in [0.1, 0.15) is 0 Å². The van der Waals surface area contributed by atoms with Crippen LogP contribution in [0, 0.1) is 5.41 Å². The first-order valence-corrected chi connectivity index (χ1v) is 7.76. The number of amides is 1. The van der Waals surface area contributed by atoms with Crippen LogP contribution in [0.1, 0.15) is 36.5 Å². The van der Waals surface area contributed by atoms with Crippen LogP contribution in [0.5, 0.6) is 0 Å². The van der Waals surface area contributed by atoms with Crippen LogP contribution in [0.3, 0.4) is 0 Å². The third-order valence-electron chi connectivity index (χ3n) is 4.16. The number of carboxylic acid groups (broad SMARTS) is 1. The van der Waals surface area contributed by atoms with Crippen LogP contribution in [0.15, 0.2) is 22.7 Å². The quantitative estimate of drug-likeness (QED) is 0.817. The SMILES string of the molecule is CCC1(C(=O)O)CCCN(C(=O)c2cc(N)cc(Br)c2)C1. The Hall–Kier alpha value is -1.56. The Balaban J connectivity index is 2.25. The minimum Gasteiger partial charge on any atom is -0.481 e. The molecule has 1 atom stereocenters. The van der Waals surface area contributed by atoms with Gasteiger partial charge in [0.15, 0.2) is 0 Å². The highest BCUT2D eigenvalue weighted by atomic mass is 79.9. The molecular formula is C15H19BrN2O3. The number of hydrogen-bond acceptors (Lipinski definition) is 3. The Labute approximate surface area is 132 Å². The minimum absolute atomic E-state index is 0.165. The van der Waals surface area contributed by atoms with E-state index < -0.39 is 11.4 Å². The van der Waals surface area contributed by atoms with Crippen LogP contribution in [-0.2, 0) is 4.79 Å². The molecule has 1 saturated heterocycles. The van der Waals surface area contributed by atoms with Gasteiger partial charge >= 0.3 is 5.97 Å². The molecule has 1 aromatic carbocycles. The molecule has 0 spiro atoms. The maximum absolute atomic E-state index is 12.6. The van der Waals surface area contributed by atoms with E-state index in [1.807, 2.05) is 6.92 Å². The molecule has 1 aliphatic rings. The van der Waals surface area contributed by atoms with E-state index >= 15 is 0 Å². The Morgan fingerprint density at radius 1 is 1.43 bits per heavy atom. The average molecular weight is 355 g/mol. The molecule has 0 bridgehead atoms. The zero-order valence-corrected chi connectivity index (χ0v) is 13.5. The molecule has 0 saturated carbocycles. The molecule has 2 rings (SSSR count). The minimum atomic E-state index is -0.828. The lowest BCUT2D eigenvalue weighted by Crippen LogP contribution is -2.49. The second-order valence-electron chi connectivity index (χ2n) is 5.54. The van der Waals surface area contributed by atoms with Gasteiger partial charge in [0, 0.05) is 28.8 Å². The van der Waals surface area contributed by atoms with Crippen LogP contribution in [-0.4, -0.2) is 35.0 Å². The van der Waals surface area contributed by atoms with Crippen molar-refractivity contribution in [3.8, 4) is 0 Å². The summed E-state index contributed by atoms with van der Waals surface area (Å²) in [5, 5.41) is 9.48. The first-order valence-electron chi connectivity index (χ1n) is 6.97. The summed E-state index contributed by atoms with van der Waals surface area (Å²) < 4.78 is 0.739. The number of anilines is 1. The molecule has 1 heterocycles. The van der Waals surface area contributed by atoms with Crippen molar-refractivity contribution < 1.29 is 14.7 Å². The number of nitrogens with two attached hydrogens (primary N) is 1. The molecule has 1 amide bonds. The van der Waals surface area contributed by atoms with Gasteiger partial charge < -0.3 is 15.7 Å². The zero-order valence-electron chi connectivity index (χ0n) is 11.9. The molecule has 1 aromatic rings. The van der Waals surface area contributed by atoms with E-state index in [-0.39, 0.29) is 12.5 Å². The summed E-state index contributed by atoms with van der Waals surface area (Å²) in [6.45, 7) is 2.70. The van der Waals surface area contributed by atoms with Crippen LogP contribution < -0.4 is 5.73 Å². The van der Waals surface area contributed by atoms with Crippen LogP contribution in [0.25, 0.3) is 0 Å². The maximum atomic E-state index is 12.6. The summed E-state index contributed by atoms with van der Waals surface area (Å²) in [5.41, 5.74) is 5.92. The number of carbonyl (C=O) groups excluding carboxylic acids is 1. The van der Waals surface area contributed by atoms with Gasteiger partial charge in [-0.15, -0.1) is 0 Å². The van der Waals surface area contributed by atoms with Gasteiger partial charge in [0.25, 0.3) is 5.91 Å². The third-order valence-corrected chi connectivity index (χ3v) is 4.62. The van der Waals surface area contributed by atoms with Gasteiger partial charge in [0.2, 0.25) is 0 Å². The van der Waals surface area contributed by atoms with Crippen molar-refractivity contribution >= 4 is 33.5 Å². The zero-order chi connectivity index (χ0) is 15.6. The summed E-state index contributed by atoms with van der Waals surface area (Å²) in [4.78, 5) is 25.8. The van der Waals surface area contributed by atoms with E-state index in [1.165, 1.54) is 0 Å². The van der Waals surface area contributed by atoms with Crippen molar-refractivity contribution in [1.82, 2.24) is 4.90 Å². The maximum Gasteiger partial charge on any atom is 0.311 e. The van der Waals surface area contributed by atoms with Gasteiger partial charge in [-0.05, 0) is 37.5 Å². The number of halogens is 1. The summed E-state index contributed by atoms with van der Waals surface area (Å²) in [7, 11) is 0. The number of benzene rings is 1. The van der Waals surface area contributed by atoms with Crippen molar-refractivity contribution in [2.24, 2.45) is 5.41 Å². The monoisotopic (exact) mass is 354 g/mol. The summed E-state index contributed by atoms with van der Waals surface area (Å²) in [6.07, 6.45) is 1.84. The first-order chi connectivity index (χ1) is 9.88. The molecule has 1 unspecified atom stereocenters. The number of carboxylic acids is 1. The molecule has 0 aromatic heterocycles. The number of nitrogens with zero attached hydrogens (tertiary/aromatic N) is 1. The van der Waals surface area contributed by atoms with Gasteiger partial charge in [-0.3, -0.25) is 9.59 Å². The fraction of sp³-hybridized carbons (Fsp3) is 0.467. The molecule has 21 heavy (non-hydrogen) atoms. The summed E-state index contributed by atoms with van der Waals surface area (Å²) in [5.74, 6) is -0.988.